The van der Waals surface area contributed by atoms with Gasteiger partial charge in [-0.25, -0.2) is 9.78 Å². The number of thioether (sulfide) groups is 1. The molecule has 0 spiro atoms. The molecule has 0 fully saturated rings. The minimum absolute atomic E-state index is 0.226. The van der Waals surface area contributed by atoms with Gasteiger partial charge in [-0.1, -0.05) is 60.7 Å². The van der Waals surface area contributed by atoms with Crippen molar-refractivity contribution in [2.45, 2.75) is 43.9 Å². The van der Waals surface area contributed by atoms with E-state index in [1.165, 1.54) is 0 Å². The van der Waals surface area contributed by atoms with Gasteiger partial charge in [-0.15, -0.1) is 0 Å². The van der Waals surface area contributed by atoms with Gasteiger partial charge in [-0.05, 0) is 53.7 Å². The number of carboxylic acid groups (broad SMARTS) is 2. The second kappa shape index (κ2) is 18.9. The van der Waals surface area contributed by atoms with Crippen LogP contribution in [0.2, 0.25) is 0 Å². The first-order valence-electron chi connectivity index (χ1n) is 13.8. The molecule has 0 aliphatic rings. The number of nitrogens with one attached hydrogen (secondary N) is 3. The fraction of sp³-hybridized carbons (Fsp3) is 0.323. The summed E-state index contributed by atoms with van der Waals surface area (Å²) >= 11 is 1.58. The van der Waals surface area contributed by atoms with Crippen LogP contribution in [0.1, 0.15) is 37.3 Å². The van der Waals surface area contributed by atoms with E-state index in [1.54, 1.807) is 18.0 Å². The van der Waals surface area contributed by atoms with Crippen LogP contribution in [-0.2, 0) is 19.2 Å². The van der Waals surface area contributed by atoms with E-state index in [9.17, 15) is 32.7 Å². The molecule has 45 heavy (non-hydrogen) atoms. The van der Waals surface area contributed by atoms with Crippen molar-refractivity contribution in [2.24, 2.45) is 0 Å². The standard InChI is InChI=1S/C29H34N4O4S.C2HF3O2/c1-38-19-16-24(32-27(34)11-7-18-31-26-10-5-6-17-30-26)29(37)33-25(20-28(35)36)23-14-12-22(13-15-23)21-8-3-2-4-9-21;3-2(4,5)1(6)7/h2-6,8-10,12-15,17,24-25H,7,11,16,18-20H2,1H3,(H,30,31)(H,32,34)(H,33,37)(H,35,36);(H,6,7)/t24-,25?;/m0./s1. The molecule has 1 aromatic heterocycles. The third kappa shape index (κ3) is 14.2. The van der Waals surface area contributed by atoms with Gasteiger partial charge in [0.05, 0.1) is 12.5 Å². The van der Waals surface area contributed by atoms with Gasteiger partial charge < -0.3 is 26.2 Å². The summed E-state index contributed by atoms with van der Waals surface area (Å²) in [7, 11) is 0. The van der Waals surface area contributed by atoms with E-state index in [-0.39, 0.29) is 18.7 Å². The molecule has 1 unspecified atom stereocenters. The first-order chi connectivity index (χ1) is 21.4. The Labute approximate surface area is 262 Å². The van der Waals surface area contributed by atoms with Crippen molar-refractivity contribution in [3.63, 3.8) is 0 Å². The molecule has 0 saturated heterocycles. The van der Waals surface area contributed by atoms with Crippen molar-refractivity contribution in [1.29, 1.82) is 0 Å². The number of hydrogen-bond acceptors (Lipinski definition) is 7. The molecule has 2 amide bonds. The van der Waals surface area contributed by atoms with Crippen LogP contribution in [0.3, 0.4) is 0 Å². The number of benzene rings is 2. The Hall–Kier alpha value is -4.59. The summed E-state index contributed by atoms with van der Waals surface area (Å²) in [5.74, 6) is -2.98. The van der Waals surface area contributed by atoms with Gasteiger partial charge in [0.2, 0.25) is 11.8 Å². The number of carbonyl (C=O) groups is 4. The Morgan fingerprint density at radius 2 is 1.51 bits per heavy atom. The molecule has 14 heteroatoms. The molecule has 3 rings (SSSR count). The van der Waals surface area contributed by atoms with Crippen LogP contribution in [0, 0.1) is 0 Å². The Balaban J connectivity index is 0.000000900. The second-order valence-corrected chi connectivity index (χ2v) is 10.6. The summed E-state index contributed by atoms with van der Waals surface area (Å²) in [6.07, 6.45) is -0.450. The zero-order chi connectivity index (χ0) is 33.2. The molecule has 242 valence electrons. The van der Waals surface area contributed by atoms with Gasteiger partial charge in [0, 0.05) is 19.2 Å². The average molecular weight is 649 g/mol. The number of anilines is 1. The third-order valence-corrected chi connectivity index (χ3v) is 6.82. The smallest absolute Gasteiger partial charge is 0.481 e. The largest absolute Gasteiger partial charge is 0.490 e. The molecular weight excluding hydrogens is 613 g/mol. The van der Waals surface area contributed by atoms with Gasteiger partial charge in [-0.2, -0.15) is 24.9 Å². The highest BCUT2D eigenvalue weighted by Gasteiger charge is 2.38. The van der Waals surface area contributed by atoms with E-state index in [2.05, 4.69) is 20.9 Å². The van der Waals surface area contributed by atoms with Crippen molar-refractivity contribution < 1.29 is 42.6 Å². The molecule has 0 radical (unpaired) electrons. The van der Waals surface area contributed by atoms with E-state index in [0.29, 0.717) is 30.7 Å². The maximum Gasteiger partial charge on any atom is 0.490 e. The zero-order valence-electron chi connectivity index (χ0n) is 24.4. The first kappa shape index (κ1) is 36.6. The van der Waals surface area contributed by atoms with Crippen molar-refractivity contribution >= 4 is 41.3 Å². The number of alkyl halides is 3. The quantitative estimate of drug-likeness (QED) is 0.141. The van der Waals surface area contributed by atoms with Crippen LogP contribution >= 0.6 is 11.8 Å². The van der Waals surface area contributed by atoms with E-state index < -0.39 is 36.1 Å². The maximum atomic E-state index is 13.2. The monoisotopic (exact) mass is 648 g/mol. The molecule has 2 atom stereocenters. The van der Waals surface area contributed by atoms with Crippen molar-refractivity contribution in [3.05, 3.63) is 84.6 Å². The Morgan fingerprint density at radius 3 is 2.07 bits per heavy atom. The van der Waals surface area contributed by atoms with E-state index in [1.807, 2.05) is 79.1 Å². The highest BCUT2D eigenvalue weighted by atomic mass is 32.2. The zero-order valence-corrected chi connectivity index (χ0v) is 25.2. The number of aromatic nitrogens is 1. The van der Waals surface area contributed by atoms with Crippen molar-refractivity contribution in [2.75, 3.05) is 23.9 Å². The highest BCUT2D eigenvalue weighted by molar-refractivity contribution is 7.98. The minimum atomic E-state index is -5.08. The second-order valence-electron chi connectivity index (χ2n) is 9.60. The minimum Gasteiger partial charge on any atom is -0.481 e. The van der Waals surface area contributed by atoms with Crippen molar-refractivity contribution in [3.8, 4) is 11.1 Å². The average Bonchev–Trinajstić information content (AvgIpc) is 3.01. The number of aliphatic carboxylic acids is 2. The molecule has 0 saturated carbocycles. The van der Waals surface area contributed by atoms with E-state index >= 15 is 0 Å². The van der Waals surface area contributed by atoms with Crippen molar-refractivity contribution in [1.82, 2.24) is 15.6 Å². The fourth-order valence-corrected chi connectivity index (χ4v) is 4.41. The van der Waals surface area contributed by atoms with Crippen LogP contribution in [0.4, 0.5) is 19.0 Å². The number of pyridine rings is 1. The predicted molar refractivity (Wildman–Crippen MR) is 166 cm³/mol. The predicted octanol–water partition coefficient (Wildman–Crippen LogP) is 5.14. The number of nitrogens with zero attached hydrogens (tertiary/aromatic N) is 1. The summed E-state index contributed by atoms with van der Waals surface area (Å²) in [6.45, 7) is 0.575. The van der Waals surface area contributed by atoms with E-state index in [4.69, 9.17) is 9.90 Å². The van der Waals surface area contributed by atoms with Crippen LogP contribution in [-0.4, -0.2) is 69.7 Å². The lowest BCUT2D eigenvalue weighted by Gasteiger charge is -2.23. The van der Waals surface area contributed by atoms with Crippen LogP contribution in [0.15, 0.2) is 79.0 Å². The fourth-order valence-electron chi connectivity index (χ4n) is 3.94. The van der Waals surface area contributed by atoms with Gasteiger partial charge in [0.25, 0.3) is 0 Å². The van der Waals surface area contributed by atoms with Crippen LogP contribution < -0.4 is 16.0 Å². The van der Waals surface area contributed by atoms with Crippen LogP contribution in [0.25, 0.3) is 11.1 Å². The molecule has 0 aliphatic heterocycles. The topological polar surface area (TPSA) is 158 Å². The lowest BCUT2D eigenvalue weighted by atomic mass is 9.98. The molecule has 1 heterocycles. The SMILES string of the molecule is CSCC[C@H](NC(=O)CCCNc1ccccn1)C(=O)NC(CC(=O)O)c1ccc(-c2ccccc2)cc1.O=C(O)C(F)(F)F. The Morgan fingerprint density at radius 1 is 0.889 bits per heavy atom. The van der Waals surface area contributed by atoms with Gasteiger partial charge in [-0.3, -0.25) is 14.4 Å². The van der Waals surface area contributed by atoms with Gasteiger partial charge in [0.1, 0.15) is 11.9 Å². The molecule has 2 aromatic carbocycles. The summed E-state index contributed by atoms with van der Waals surface area (Å²) in [5.41, 5.74) is 2.74. The van der Waals surface area contributed by atoms with Gasteiger partial charge >= 0.3 is 18.1 Å². The highest BCUT2D eigenvalue weighted by Crippen LogP contribution is 2.24. The summed E-state index contributed by atoms with van der Waals surface area (Å²) in [4.78, 5) is 50.5. The number of amides is 2. The summed E-state index contributed by atoms with van der Waals surface area (Å²) in [5, 5.41) is 25.5. The van der Waals surface area contributed by atoms with Crippen LogP contribution in [0.5, 0.6) is 0 Å². The van der Waals surface area contributed by atoms with E-state index in [0.717, 1.165) is 16.9 Å². The number of carbonyl (C=O) groups excluding carboxylic acids is 2. The first-order valence-corrected chi connectivity index (χ1v) is 15.2. The number of halogens is 3. The Bertz CT molecular complexity index is 1360. The molecule has 0 bridgehead atoms. The molecule has 10 nitrogen and oxygen atoms in total. The lowest BCUT2D eigenvalue weighted by molar-refractivity contribution is -0.192. The maximum absolute atomic E-state index is 13.2. The Kier molecular flexibility index (Phi) is 15.4. The number of hydrogen-bond donors (Lipinski definition) is 5. The molecular formula is C31H35F3N4O6S. The van der Waals surface area contributed by atoms with Gasteiger partial charge in [0.15, 0.2) is 0 Å². The molecule has 3 aromatic rings. The number of carboxylic acids is 2. The normalized spacial score (nSPS) is 12.1. The number of rotatable bonds is 15. The summed E-state index contributed by atoms with van der Waals surface area (Å²) < 4.78 is 31.7. The summed E-state index contributed by atoms with van der Waals surface area (Å²) in [6, 6.07) is 21.4. The lowest BCUT2D eigenvalue weighted by Crippen LogP contribution is -2.48. The molecule has 5 N–H and O–H groups in total. The molecule has 0 aliphatic carbocycles. The third-order valence-electron chi connectivity index (χ3n) is 6.17.